The molecule has 2 aromatic carbocycles. The van der Waals surface area contributed by atoms with Crippen molar-refractivity contribution in [2.75, 3.05) is 0 Å². The molecule has 0 bridgehead atoms. The smallest absolute Gasteiger partial charge is 0.255 e. The predicted octanol–water partition coefficient (Wildman–Crippen LogP) is 4.73. The van der Waals surface area contributed by atoms with Gasteiger partial charge in [0.2, 0.25) is 0 Å². The molecule has 5 nitrogen and oxygen atoms in total. The first-order valence-electron chi connectivity index (χ1n) is 8.94. The Kier molecular flexibility index (Phi) is 4.28. The Hall–Kier alpha value is -3.34. The van der Waals surface area contributed by atoms with Crippen LogP contribution in [0.1, 0.15) is 40.3 Å². The topological polar surface area (TPSA) is 60.1 Å². The van der Waals surface area contributed by atoms with Gasteiger partial charge in [-0.15, -0.1) is 0 Å². The molecule has 2 heterocycles. The molecule has 0 aliphatic carbocycles. The molecule has 136 valence electrons. The Morgan fingerprint density at radius 2 is 1.93 bits per heavy atom. The SMILES string of the molecule is Cc1cccc(-n2ncc(C(=O)NC(C)c3cc4ccccc4o3)c2C)c1. The first-order valence-corrected chi connectivity index (χ1v) is 8.94. The Balaban J connectivity index is 1.56. The molecular formula is C22H21N3O2. The van der Waals surface area contributed by atoms with Crippen LogP contribution in [0.3, 0.4) is 0 Å². The van der Waals surface area contributed by atoms with Gasteiger partial charge < -0.3 is 9.73 Å². The third-order valence-corrected chi connectivity index (χ3v) is 4.72. The molecule has 0 aliphatic rings. The number of hydrogen-bond acceptors (Lipinski definition) is 3. The number of rotatable bonds is 4. The van der Waals surface area contributed by atoms with Crippen molar-refractivity contribution < 1.29 is 9.21 Å². The van der Waals surface area contributed by atoms with Crippen LogP contribution in [0.15, 0.2) is 65.2 Å². The molecule has 0 fully saturated rings. The highest BCUT2D eigenvalue weighted by Gasteiger charge is 2.19. The molecule has 1 unspecified atom stereocenters. The van der Waals surface area contributed by atoms with E-state index in [9.17, 15) is 4.79 Å². The van der Waals surface area contributed by atoms with Gasteiger partial charge in [-0.25, -0.2) is 4.68 Å². The fraction of sp³-hybridized carbons (Fsp3) is 0.182. The highest BCUT2D eigenvalue weighted by molar-refractivity contribution is 5.95. The highest BCUT2D eigenvalue weighted by Crippen LogP contribution is 2.24. The standard InChI is InChI=1S/C22H21N3O2/c1-14-7-6-9-18(11-14)25-16(3)19(13-23-25)22(26)24-15(2)21-12-17-8-4-5-10-20(17)27-21/h4-13,15H,1-3H3,(H,24,26). The summed E-state index contributed by atoms with van der Waals surface area (Å²) < 4.78 is 7.63. The average molecular weight is 359 g/mol. The van der Waals surface area contributed by atoms with Crippen LogP contribution in [0, 0.1) is 13.8 Å². The maximum atomic E-state index is 12.8. The number of aryl methyl sites for hydroxylation is 1. The zero-order chi connectivity index (χ0) is 19.0. The van der Waals surface area contributed by atoms with Crippen molar-refractivity contribution in [3.63, 3.8) is 0 Å². The molecule has 0 saturated carbocycles. The van der Waals surface area contributed by atoms with Gasteiger partial charge in [0.25, 0.3) is 5.91 Å². The molecule has 0 aliphatic heterocycles. The van der Waals surface area contributed by atoms with Crippen LogP contribution in [0.25, 0.3) is 16.7 Å². The van der Waals surface area contributed by atoms with Crippen LogP contribution < -0.4 is 5.32 Å². The van der Waals surface area contributed by atoms with E-state index in [1.165, 1.54) is 0 Å². The third-order valence-electron chi connectivity index (χ3n) is 4.72. The van der Waals surface area contributed by atoms with Crippen LogP contribution in [-0.4, -0.2) is 15.7 Å². The van der Waals surface area contributed by atoms with E-state index < -0.39 is 0 Å². The van der Waals surface area contributed by atoms with Gasteiger partial charge in [0, 0.05) is 5.39 Å². The second-order valence-corrected chi connectivity index (χ2v) is 6.78. The summed E-state index contributed by atoms with van der Waals surface area (Å²) in [4.78, 5) is 12.8. The van der Waals surface area contributed by atoms with E-state index >= 15 is 0 Å². The number of fused-ring (bicyclic) bond motifs is 1. The zero-order valence-corrected chi connectivity index (χ0v) is 15.6. The summed E-state index contributed by atoms with van der Waals surface area (Å²) >= 11 is 0. The lowest BCUT2D eigenvalue weighted by Crippen LogP contribution is -2.26. The van der Waals surface area contributed by atoms with E-state index in [1.54, 1.807) is 10.9 Å². The van der Waals surface area contributed by atoms with Crippen molar-refractivity contribution in [1.29, 1.82) is 0 Å². The number of para-hydroxylation sites is 1. The molecular weight excluding hydrogens is 338 g/mol. The fourth-order valence-corrected chi connectivity index (χ4v) is 3.21. The van der Waals surface area contributed by atoms with Crippen LogP contribution in [-0.2, 0) is 0 Å². The van der Waals surface area contributed by atoms with Crippen molar-refractivity contribution in [1.82, 2.24) is 15.1 Å². The predicted molar refractivity (Wildman–Crippen MR) is 105 cm³/mol. The summed E-state index contributed by atoms with van der Waals surface area (Å²) in [6.45, 7) is 5.84. The van der Waals surface area contributed by atoms with Crippen LogP contribution in [0.5, 0.6) is 0 Å². The van der Waals surface area contributed by atoms with Gasteiger partial charge in [-0.2, -0.15) is 5.10 Å². The Labute approximate surface area is 157 Å². The zero-order valence-electron chi connectivity index (χ0n) is 15.6. The molecule has 4 aromatic rings. The van der Waals surface area contributed by atoms with E-state index in [-0.39, 0.29) is 11.9 Å². The van der Waals surface area contributed by atoms with Crippen molar-refractivity contribution in [3.8, 4) is 5.69 Å². The Bertz CT molecular complexity index is 1090. The Morgan fingerprint density at radius 1 is 1.11 bits per heavy atom. The van der Waals surface area contributed by atoms with Gasteiger partial charge >= 0.3 is 0 Å². The number of nitrogens with zero attached hydrogens (tertiary/aromatic N) is 2. The van der Waals surface area contributed by atoms with E-state index in [1.807, 2.05) is 75.4 Å². The molecule has 2 aromatic heterocycles. The fourth-order valence-electron chi connectivity index (χ4n) is 3.21. The monoisotopic (exact) mass is 359 g/mol. The third kappa shape index (κ3) is 3.24. The first kappa shape index (κ1) is 17.1. The van der Waals surface area contributed by atoms with Gasteiger partial charge in [0.15, 0.2) is 0 Å². The summed E-state index contributed by atoms with van der Waals surface area (Å²) in [5.41, 5.74) is 4.26. The number of benzene rings is 2. The number of furan rings is 1. The van der Waals surface area contributed by atoms with Crippen LogP contribution in [0.2, 0.25) is 0 Å². The Morgan fingerprint density at radius 3 is 2.70 bits per heavy atom. The van der Waals surface area contributed by atoms with Crippen molar-refractivity contribution in [3.05, 3.63) is 83.4 Å². The molecule has 1 atom stereocenters. The number of carbonyl (C=O) groups is 1. The highest BCUT2D eigenvalue weighted by atomic mass is 16.3. The average Bonchev–Trinajstić information content (AvgIpc) is 3.25. The molecule has 27 heavy (non-hydrogen) atoms. The van der Waals surface area contributed by atoms with Crippen molar-refractivity contribution >= 4 is 16.9 Å². The minimum atomic E-state index is -0.244. The lowest BCUT2D eigenvalue weighted by molar-refractivity contribution is 0.0935. The first-order chi connectivity index (χ1) is 13.0. The second kappa shape index (κ2) is 6.76. The number of hydrogen-bond donors (Lipinski definition) is 1. The molecule has 1 N–H and O–H groups in total. The largest absolute Gasteiger partial charge is 0.459 e. The maximum Gasteiger partial charge on any atom is 0.255 e. The minimum absolute atomic E-state index is 0.167. The molecule has 0 saturated heterocycles. The normalized spacial score (nSPS) is 12.3. The van der Waals surface area contributed by atoms with Gasteiger partial charge in [-0.05, 0) is 50.6 Å². The molecule has 5 heteroatoms. The minimum Gasteiger partial charge on any atom is -0.459 e. The maximum absolute atomic E-state index is 12.8. The summed E-state index contributed by atoms with van der Waals surface area (Å²) in [7, 11) is 0. The van der Waals surface area contributed by atoms with E-state index in [0.29, 0.717) is 5.56 Å². The second-order valence-electron chi connectivity index (χ2n) is 6.78. The van der Waals surface area contributed by atoms with E-state index in [0.717, 1.165) is 33.7 Å². The number of carbonyl (C=O) groups excluding carboxylic acids is 1. The lowest BCUT2D eigenvalue weighted by Gasteiger charge is -2.11. The van der Waals surface area contributed by atoms with Crippen LogP contribution in [0.4, 0.5) is 0 Å². The van der Waals surface area contributed by atoms with Gasteiger partial charge in [0.05, 0.1) is 29.2 Å². The molecule has 0 spiro atoms. The number of aromatic nitrogens is 2. The van der Waals surface area contributed by atoms with Crippen LogP contribution >= 0.6 is 0 Å². The summed E-state index contributed by atoms with van der Waals surface area (Å²) in [5.74, 6) is 0.563. The molecule has 0 radical (unpaired) electrons. The van der Waals surface area contributed by atoms with Gasteiger partial charge in [-0.1, -0.05) is 30.3 Å². The summed E-state index contributed by atoms with van der Waals surface area (Å²) in [5, 5.41) is 8.42. The number of amides is 1. The van der Waals surface area contributed by atoms with Crippen molar-refractivity contribution in [2.45, 2.75) is 26.8 Å². The lowest BCUT2D eigenvalue weighted by atomic mass is 10.2. The summed E-state index contributed by atoms with van der Waals surface area (Å²) in [6.07, 6.45) is 1.61. The van der Waals surface area contributed by atoms with Gasteiger partial charge in [0.1, 0.15) is 11.3 Å². The van der Waals surface area contributed by atoms with Crippen molar-refractivity contribution in [2.24, 2.45) is 0 Å². The van der Waals surface area contributed by atoms with E-state index in [4.69, 9.17) is 4.42 Å². The quantitative estimate of drug-likeness (QED) is 0.573. The van der Waals surface area contributed by atoms with E-state index in [2.05, 4.69) is 10.4 Å². The molecule has 1 amide bonds. The number of nitrogens with one attached hydrogen (secondary N) is 1. The van der Waals surface area contributed by atoms with Gasteiger partial charge in [-0.3, -0.25) is 4.79 Å². The molecule has 4 rings (SSSR count). The summed E-state index contributed by atoms with van der Waals surface area (Å²) in [6, 6.07) is 17.6.